The number of rotatable bonds is 4. The third-order valence-corrected chi connectivity index (χ3v) is 2.37. The van der Waals surface area contributed by atoms with Gasteiger partial charge in [-0.1, -0.05) is 5.21 Å². The van der Waals surface area contributed by atoms with E-state index >= 15 is 0 Å². The molecule has 0 atom stereocenters. The molecule has 1 N–H and O–H groups in total. The van der Waals surface area contributed by atoms with Crippen LogP contribution >= 0.6 is 0 Å². The maximum absolute atomic E-state index is 12.1. The summed E-state index contributed by atoms with van der Waals surface area (Å²) in [7, 11) is 0. The van der Waals surface area contributed by atoms with Crippen LogP contribution in [0.3, 0.4) is 0 Å². The fourth-order valence-corrected chi connectivity index (χ4v) is 1.46. The summed E-state index contributed by atoms with van der Waals surface area (Å²) in [6.07, 6.45) is -2.08. The molecule has 0 aliphatic rings. The Balaban J connectivity index is 2.20. The lowest BCUT2D eigenvalue weighted by Crippen LogP contribution is -2.20. The minimum Gasteiger partial charge on any atom is -0.476 e. The van der Waals surface area contributed by atoms with Gasteiger partial charge in [0, 0.05) is 5.56 Å². The topological polar surface area (TPSA) is 90.1 Å². The zero-order valence-electron chi connectivity index (χ0n) is 10.6. The van der Waals surface area contributed by atoms with Gasteiger partial charge in [-0.2, -0.15) is 13.2 Å². The molecular formula is C11H9F3N4O3. The number of aromatic carboxylic acids is 1. The molecule has 0 fully saturated rings. The number of pyridine rings is 1. The molecule has 0 saturated heterocycles. The van der Waals surface area contributed by atoms with E-state index in [0.29, 0.717) is 11.3 Å². The van der Waals surface area contributed by atoms with Crippen molar-refractivity contribution in [3.05, 3.63) is 29.7 Å². The average molecular weight is 302 g/mol. The van der Waals surface area contributed by atoms with Crippen LogP contribution < -0.4 is 4.74 Å². The summed E-state index contributed by atoms with van der Waals surface area (Å²) in [4.78, 5) is 14.4. The average Bonchev–Trinajstić information content (AvgIpc) is 2.85. The number of carboxylic acid groups (broad SMARTS) is 1. The van der Waals surface area contributed by atoms with Gasteiger partial charge >= 0.3 is 12.1 Å². The predicted octanol–water partition coefficient (Wildman–Crippen LogP) is 1.61. The number of nitrogens with zero attached hydrogens (tertiary/aromatic N) is 4. The van der Waals surface area contributed by atoms with Crippen molar-refractivity contribution in [1.29, 1.82) is 0 Å². The van der Waals surface area contributed by atoms with Gasteiger partial charge in [0.1, 0.15) is 0 Å². The highest BCUT2D eigenvalue weighted by molar-refractivity contribution is 5.84. The summed E-state index contributed by atoms with van der Waals surface area (Å²) in [6, 6.07) is 1.46. The summed E-state index contributed by atoms with van der Waals surface area (Å²) in [5, 5.41) is 15.7. The molecule has 2 aromatic rings. The minimum absolute atomic E-state index is 0.158. The second kappa shape index (κ2) is 5.38. The van der Waals surface area contributed by atoms with Gasteiger partial charge in [0.05, 0.1) is 18.1 Å². The van der Waals surface area contributed by atoms with E-state index in [4.69, 9.17) is 5.11 Å². The van der Waals surface area contributed by atoms with Crippen LogP contribution in [0.5, 0.6) is 5.88 Å². The maximum Gasteiger partial charge on any atom is 0.422 e. The Morgan fingerprint density at radius 1 is 1.48 bits per heavy atom. The molecule has 0 spiro atoms. The lowest BCUT2D eigenvalue weighted by molar-refractivity contribution is -0.154. The molecule has 0 aliphatic carbocycles. The third kappa shape index (κ3) is 3.68. The van der Waals surface area contributed by atoms with Crippen molar-refractivity contribution in [3.63, 3.8) is 0 Å². The van der Waals surface area contributed by atoms with Gasteiger partial charge in [-0.3, -0.25) is 0 Å². The zero-order valence-corrected chi connectivity index (χ0v) is 10.6. The largest absolute Gasteiger partial charge is 0.476 e. The van der Waals surface area contributed by atoms with Crippen molar-refractivity contribution in [1.82, 2.24) is 20.0 Å². The Labute approximate surface area is 116 Å². The van der Waals surface area contributed by atoms with Gasteiger partial charge in [0.25, 0.3) is 0 Å². The van der Waals surface area contributed by atoms with Gasteiger partial charge in [-0.25, -0.2) is 14.5 Å². The summed E-state index contributed by atoms with van der Waals surface area (Å²) in [5.74, 6) is -1.40. The van der Waals surface area contributed by atoms with Crippen LogP contribution in [-0.2, 0) is 0 Å². The normalized spacial score (nSPS) is 11.4. The number of ether oxygens (including phenoxy) is 1. The van der Waals surface area contributed by atoms with Crippen molar-refractivity contribution in [2.24, 2.45) is 0 Å². The standard InChI is InChI=1S/C11H9F3N4O3/c1-6-2-7(18-4-8(10(19)20)16-17-18)3-15-9(6)21-5-11(12,13)14/h2-4H,5H2,1H3,(H,19,20). The maximum atomic E-state index is 12.1. The number of hydrogen-bond donors (Lipinski definition) is 1. The van der Waals surface area contributed by atoms with Crippen molar-refractivity contribution in [3.8, 4) is 11.6 Å². The van der Waals surface area contributed by atoms with Crippen LogP contribution in [-0.4, -0.2) is 43.8 Å². The van der Waals surface area contributed by atoms with E-state index in [2.05, 4.69) is 20.0 Å². The van der Waals surface area contributed by atoms with Gasteiger partial charge in [-0.05, 0) is 13.0 Å². The quantitative estimate of drug-likeness (QED) is 0.922. The number of hydrogen-bond acceptors (Lipinski definition) is 5. The lowest BCUT2D eigenvalue weighted by atomic mass is 10.3. The van der Waals surface area contributed by atoms with Crippen molar-refractivity contribution in [2.45, 2.75) is 13.1 Å². The molecule has 0 bridgehead atoms. The molecule has 0 aliphatic heterocycles. The second-order valence-electron chi connectivity index (χ2n) is 4.07. The van der Waals surface area contributed by atoms with Crippen LogP contribution in [0.4, 0.5) is 13.2 Å². The van der Waals surface area contributed by atoms with Crippen LogP contribution in [0.2, 0.25) is 0 Å². The monoisotopic (exact) mass is 302 g/mol. The van der Waals surface area contributed by atoms with Crippen LogP contribution in [0.25, 0.3) is 5.69 Å². The molecule has 0 radical (unpaired) electrons. The zero-order chi connectivity index (χ0) is 15.6. The van der Waals surface area contributed by atoms with Crippen LogP contribution in [0, 0.1) is 6.92 Å². The fraction of sp³-hybridized carbons (Fsp3) is 0.273. The number of alkyl halides is 3. The van der Waals surface area contributed by atoms with E-state index in [1.165, 1.54) is 19.2 Å². The number of carboxylic acids is 1. The highest BCUT2D eigenvalue weighted by atomic mass is 19.4. The SMILES string of the molecule is Cc1cc(-n2cc(C(=O)O)nn2)cnc1OCC(F)(F)F. The number of aryl methyl sites for hydroxylation is 1. The third-order valence-electron chi connectivity index (χ3n) is 2.37. The second-order valence-corrected chi connectivity index (χ2v) is 4.07. The first-order valence-electron chi connectivity index (χ1n) is 5.58. The first kappa shape index (κ1) is 14.8. The van der Waals surface area contributed by atoms with Gasteiger partial charge < -0.3 is 9.84 Å². The summed E-state index contributed by atoms with van der Waals surface area (Å²) in [6.45, 7) is 0.0733. The lowest BCUT2D eigenvalue weighted by Gasteiger charge is -2.11. The Hall–Kier alpha value is -2.65. The first-order chi connectivity index (χ1) is 9.76. The summed E-state index contributed by atoms with van der Waals surface area (Å²) >= 11 is 0. The van der Waals surface area contributed by atoms with E-state index < -0.39 is 18.8 Å². The van der Waals surface area contributed by atoms with E-state index in [9.17, 15) is 18.0 Å². The highest BCUT2D eigenvalue weighted by Crippen LogP contribution is 2.21. The molecule has 21 heavy (non-hydrogen) atoms. The molecule has 0 aromatic carbocycles. The smallest absolute Gasteiger partial charge is 0.422 e. The van der Waals surface area contributed by atoms with E-state index in [1.807, 2.05) is 0 Å². The molecule has 112 valence electrons. The Bertz CT molecular complexity index is 669. The molecule has 7 nitrogen and oxygen atoms in total. The molecule has 0 saturated carbocycles. The molecule has 2 rings (SSSR count). The Morgan fingerprint density at radius 2 is 2.19 bits per heavy atom. The molecule has 0 unspecified atom stereocenters. The van der Waals surface area contributed by atoms with Crippen molar-refractivity contribution in [2.75, 3.05) is 6.61 Å². The van der Waals surface area contributed by atoms with E-state index in [-0.39, 0.29) is 11.6 Å². The van der Waals surface area contributed by atoms with E-state index in [1.54, 1.807) is 0 Å². The number of halogens is 3. The Kier molecular flexibility index (Phi) is 3.78. The Morgan fingerprint density at radius 3 is 2.71 bits per heavy atom. The first-order valence-corrected chi connectivity index (χ1v) is 5.58. The molecule has 10 heteroatoms. The number of aromatic nitrogens is 4. The van der Waals surface area contributed by atoms with Gasteiger partial charge in [0.15, 0.2) is 12.3 Å². The van der Waals surface area contributed by atoms with Crippen LogP contribution in [0.15, 0.2) is 18.5 Å². The molecule has 0 amide bonds. The van der Waals surface area contributed by atoms with Crippen molar-refractivity contribution < 1.29 is 27.8 Å². The summed E-state index contributed by atoms with van der Waals surface area (Å²) in [5.41, 5.74) is 0.445. The van der Waals surface area contributed by atoms with E-state index in [0.717, 1.165) is 10.9 Å². The predicted molar refractivity (Wildman–Crippen MR) is 62.4 cm³/mol. The molecule has 2 heterocycles. The van der Waals surface area contributed by atoms with Crippen LogP contribution in [0.1, 0.15) is 16.1 Å². The number of carbonyl (C=O) groups is 1. The summed E-state index contributed by atoms with van der Waals surface area (Å²) < 4.78 is 41.9. The molecule has 2 aromatic heterocycles. The van der Waals surface area contributed by atoms with Gasteiger partial charge in [-0.15, -0.1) is 5.10 Å². The minimum atomic E-state index is -4.45. The van der Waals surface area contributed by atoms with Gasteiger partial charge in [0.2, 0.25) is 5.88 Å². The fourth-order valence-electron chi connectivity index (χ4n) is 1.46. The molecular weight excluding hydrogens is 293 g/mol. The van der Waals surface area contributed by atoms with Crippen molar-refractivity contribution >= 4 is 5.97 Å². The highest BCUT2D eigenvalue weighted by Gasteiger charge is 2.29.